The highest BCUT2D eigenvalue weighted by Crippen LogP contribution is 2.37. The van der Waals surface area contributed by atoms with Crippen LogP contribution >= 0.6 is 0 Å². The van der Waals surface area contributed by atoms with Crippen molar-refractivity contribution in [2.75, 3.05) is 0 Å². The molecule has 0 saturated carbocycles. The number of aliphatic hydroxyl groups is 2. The summed E-state index contributed by atoms with van der Waals surface area (Å²) in [6.07, 6.45) is 0. The number of hydrogen-bond donors (Lipinski definition) is 2. The molecule has 18 heavy (non-hydrogen) atoms. The molecule has 1 aliphatic rings. The summed E-state index contributed by atoms with van der Waals surface area (Å²) >= 11 is 0. The normalized spacial score (nSPS) is 13.6. The molecule has 2 aromatic rings. The lowest BCUT2D eigenvalue weighted by atomic mass is 10.1. The largest absolute Gasteiger partial charge is 0.476 e. The van der Waals surface area contributed by atoms with Crippen molar-refractivity contribution < 1.29 is 19.7 Å². The lowest BCUT2D eigenvalue weighted by molar-refractivity contribution is 0.0854. The van der Waals surface area contributed by atoms with Crippen LogP contribution in [0.5, 0.6) is 11.5 Å². The van der Waals surface area contributed by atoms with Crippen LogP contribution in [0.15, 0.2) is 60.4 Å². The molecule has 0 bridgehead atoms. The van der Waals surface area contributed by atoms with Crippen LogP contribution in [-0.2, 0) is 0 Å². The summed E-state index contributed by atoms with van der Waals surface area (Å²) in [5.41, 5.74) is 1.97. The van der Waals surface area contributed by atoms with E-state index in [9.17, 15) is 10.2 Å². The predicted molar refractivity (Wildman–Crippen MR) is 65.4 cm³/mol. The van der Waals surface area contributed by atoms with Gasteiger partial charge in [0.1, 0.15) is 0 Å². The molecule has 0 aromatic heterocycles. The first-order valence-corrected chi connectivity index (χ1v) is 5.41. The minimum atomic E-state index is -0.632. The van der Waals surface area contributed by atoms with Gasteiger partial charge in [-0.15, -0.1) is 0 Å². The van der Waals surface area contributed by atoms with Crippen molar-refractivity contribution >= 4 is 0 Å². The number of hydrogen-bond acceptors (Lipinski definition) is 4. The summed E-state index contributed by atoms with van der Waals surface area (Å²) in [7, 11) is 0. The second kappa shape index (κ2) is 4.00. The van der Waals surface area contributed by atoms with Crippen molar-refractivity contribution in [3.05, 3.63) is 60.4 Å². The topological polar surface area (TPSA) is 58.9 Å². The second-order valence-electron chi connectivity index (χ2n) is 3.84. The summed E-state index contributed by atoms with van der Waals surface area (Å²) in [4.78, 5) is 0. The van der Waals surface area contributed by atoms with Gasteiger partial charge < -0.3 is 19.7 Å². The summed E-state index contributed by atoms with van der Waals surface area (Å²) in [5.74, 6) is -0.528. The molecule has 0 amide bonds. The fraction of sp³-hybridized carbons (Fsp3) is 0. The van der Waals surface area contributed by atoms with Crippen molar-refractivity contribution in [3.8, 4) is 22.6 Å². The number of fused-ring (bicyclic) bond motifs is 1. The van der Waals surface area contributed by atoms with Gasteiger partial charge in [-0.05, 0) is 23.3 Å². The number of ether oxygens (including phenoxy) is 2. The van der Waals surface area contributed by atoms with Crippen molar-refractivity contribution in [2.24, 2.45) is 0 Å². The molecule has 0 aliphatic carbocycles. The summed E-state index contributed by atoms with van der Waals surface area (Å²) in [5, 5.41) is 18.5. The fourth-order valence-electron chi connectivity index (χ4n) is 1.78. The van der Waals surface area contributed by atoms with Crippen molar-refractivity contribution in [1.82, 2.24) is 0 Å². The highest BCUT2D eigenvalue weighted by molar-refractivity contribution is 5.67. The average Bonchev–Trinajstić information content (AvgIpc) is 2.41. The highest BCUT2D eigenvalue weighted by Gasteiger charge is 2.21. The zero-order chi connectivity index (χ0) is 12.5. The molecule has 0 fully saturated rings. The Morgan fingerprint density at radius 1 is 0.667 bits per heavy atom. The molecule has 0 saturated heterocycles. The Labute approximate surface area is 103 Å². The molecule has 90 valence electrons. The van der Waals surface area contributed by atoms with E-state index < -0.39 is 11.9 Å². The van der Waals surface area contributed by atoms with Gasteiger partial charge in [0.15, 0.2) is 11.5 Å². The summed E-state index contributed by atoms with van der Waals surface area (Å²) < 4.78 is 10.1. The Morgan fingerprint density at radius 2 is 1.33 bits per heavy atom. The third kappa shape index (κ3) is 1.73. The third-order valence-electron chi connectivity index (χ3n) is 2.65. The maximum atomic E-state index is 9.27. The van der Waals surface area contributed by atoms with E-state index in [0.29, 0.717) is 11.5 Å². The van der Waals surface area contributed by atoms with Gasteiger partial charge in [-0.2, -0.15) is 0 Å². The van der Waals surface area contributed by atoms with Crippen molar-refractivity contribution in [3.63, 3.8) is 0 Å². The van der Waals surface area contributed by atoms with Gasteiger partial charge in [0.05, 0.1) is 0 Å². The summed E-state index contributed by atoms with van der Waals surface area (Å²) in [6, 6.07) is 15.0. The van der Waals surface area contributed by atoms with Crippen LogP contribution < -0.4 is 9.47 Å². The van der Waals surface area contributed by atoms with Gasteiger partial charge in [0.25, 0.3) is 0 Å². The average molecular weight is 242 g/mol. The molecule has 2 aromatic carbocycles. The van der Waals surface area contributed by atoms with E-state index in [1.807, 2.05) is 36.4 Å². The Kier molecular flexibility index (Phi) is 2.34. The maximum absolute atomic E-state index is 9.27. The maximum Gasteiger partial charge on any atom is 0.367 e. The zero-order valence-corrected chi connectivity index (χ0v) is 9.33. The molecular weight excluding hydrogens is 232 g/mol. The summed E-state index contributed by atoms with van der Waals surface area (Å²) in [6.45, 7) is 0. The van der Waals surface area contributed by atoms with E-state index in [1.165, 1.54) is 0 Å². The van der Waals surface area contributed by atoms with Crippen LogP contribution in [0.1, 0.15) is 0 Å². The van der Waals surface area contributed by atoms with Gasteiger partial charge >= 0.3 is 11.9 Å². The Balaban J connectivity index is 2.02. The molecule has 1 heterocycles. The lowest BCUT2D eigenvalue weighted by Gasteiger charge is -2.17. The van der Waals surface area contributed by atoms with Crippen LogP contribution in [0.3, 0.4) is 0 Å². The monoisotopic (exact) mass is 242 g/mol. The van der Waals surface area contributed by atoms with Crippen molar-refractivity contribution in [2.45, 2.75) is 0 Å². The molecule has 0 atom stereocenters. The smallest absolute Gasteiger partial charge is 0.367 e. The Morgan fingerprint density at radius 3 is 2.06 bits per heavy atom. The van der Waals surface area contributed by atoms with Gasteiger partial charge in [-0.1, -0.05) is 36.4 Å². The molecular formula is C14H10O4. The van der Waals surface area contributed by atoms with Gasteiger partial charge in [0.2, 0.25) is 0 Å². The fourth-order valence-corrected chi connectivity index (χ4v) is 1.78. The zero-order valence-electron chi connectivity index (χ0n) is 9.33. The minimum absolute atomic E-state index is 0.366. The molecule has 3 rings (SSSR count). The van der Waals surface area contributed by atoms with Crippen LogP contribution in [0, 0.1) is 0 Å². The highest BCUT2D eigenvalue weighted by atomic mass is 16.7. The number of benzene rings is 2. The first kappa shape index (κ1) is 10.5. The second-order valence-corrected chi connectivity index (χ2v) is 3.84. The standard InChI is InChI=1S/C14H10O4/c15-13-14(16)18-12-8-10(6-7-11(12)17-13)9-4-2-1-3-5-9/h1-8,15-16H. The van der Waals surface area contributed by atoms with E-state index in [-0.39, 0.29) is 0 Å². The van der Waals surface area contributed by atoms with Crippen LogP contribution in [0.25, 0.3) is 11.1 Å². The SMILES string of the molecule is OC1=C(O)Oc2cc(-c3ccccc3)ccc2O1. The lowest BCUT2D eigenvalue weighted by Crippen LogP contribution is -2.11. The Bertz CT molecular complexity index is 617. The van der Waals surface area contributed by atoms with E-state index in [2.05, 4.69) is 0 Å². The van der Waals surface area contributed by atoms with Gasteiger partial charge in [-0.25, -0.2) is 0 Å². The number of aliphatic hydroxyl groups excluding tert-OH is 2. The van der Waals surface area contributed by atoms with Gasteiger partial charge in [-0.3, -0.25) is 0 Å². The molecule has 1 aliphatic heterocycles. The molecule has 0 unspecified atom stereocenters. The Hall–Kier alpha value is -2.62. The van der Waals surface area contributed by atoms with Crippen molar-refractivity contribution in [1.29, 1.82) is 0 Å². The first-order valence-electron chi connectivity index (χ1n) is 5.41. The van der Waals surface area contributed by atoms with E-state index in [0.717, 1.165) is 11.1 Å². The van der Waals surface area contributed by atoms with E-state index >= 15 is 0 Å². The van der Waals surface area contributed by atoms with Gasteiger partial charge in [0, 0.05) is 0 Å². The molecule has 4 heteroatoms. The predicted octanol–water partition coefficient (Wildman–Crippen LogP) is 3.37. The first-order chi connectivity index (χ1) is 8.74. The molecule has 0 spiro atoms. The van der Waals surface area contributed by atoms with Crippen LogP contribution in [-0.4, -0.2) is 10.2 Å². The number of rotatable bonds is 1. The molecule has 2 N–H and O–H groups in total. The molecule has 4 nitrogen and oxygen atoms in total. The quantitative estimate of drug-likeness (QED) is 0.804. The third-order valence-corrected chi connectivity index (χ3v) is 2.65. The van der Waals surface area contributed by atoms with E-state index in [4.69, 9.17) is 9.47 Å². The van der Waals surface area contributed by atoms with Crippen LogP contribution in [0.2, 0.25) is 0 Å². The molecule has 0 radical (unpaired) electrons. The van der Waals surface area contributed by atoms with E-state index in [1.54, 1.807) is 12.1 Å². The van der Waals surface area contributed by atoms with Crippen LogP contribution in [0.4, 0.5) is 0 Å². The minimum Gasteiger partial charge on any atom is -0.476 e.